The highest BCUT2D eigenvalue weighted by Gasteiger charge is 2.25. The highest BCUT2D eigenvalue weighted by Crippen LogP contribution is 2.28. The number of carbonyl (C=O) groups is 1. The number of para-hydroxylation sites is 1. The first-order valence-electron chi connectivity index (χ1n) is 8.57. The van der Waals surface area contributed by atoms with Gasteiger partial charge in [0.2, 0.25) is 0 Å². The molecule has 2 aromatic carbocycles. The van der Waals surface area contributed by atoms with E-state index in [-0.39, 0.29) is 18.2 Å². The quantitative estimate of drug-likeness (QED) is 0.868. The minimum atomic E-state index is -0.192. The molecule has 0 aromatic heterocycles. The number of carbonyl (C=O) groups excluding carboxylic acids is 1. The van der Waals surface area contributed by atoms with Gasteiger partial charge in [0.05, 0.1) is 12.7 Å². The summed E-state index contributed by atoms with van der Waals surface area (Å²) in [6, 6.07) is 17.7. The predicted octanol–water partition coefficient (Wildman–Crippen LogP) is 3.87. The summed E-state index contributed by atoms with van der Waals surface area (Å²) in [4.78, 5) is 12.4. The molecular formula is C20H24N2O3. The summed E-state index contributed by atoms with van der Waals surface area (Å²) in [6.07, 6.45) is 1.62. The van der Waals surface area contributed by atoms with E-state index in [9.17, 15) is 4.79 Å². The zero-order valence-corrected chi connectivity index (χ0v) is 14.4. The van der Waals surface area contributed by atoms with E-state index in [0.717, 1.165) is 29.7 Å². The molecule has 1 heterocycles. The Kier molecular flexibility index (Phi) is 6.04. The lowest BCUT2D eigenvalue weighted by Gasteiger charge is -2.30. The van der Waals surface area contributed by atoms with Crippen LogP contribution in [0.4, 0.5) is 10.5 Å². The number of rotatable bonds is 5. The minimum absolute atomic E-state index is 0.0287. The Hall–Kier alpha value is -2.37. The molecule has 2 aromatic rings. The van der Waals surface area contributed by atoms with Crippen molar-refractivity contribution in [2.75, 3.05) is 19.0 Å². The summed E-state index contributed by atoms with van der Waals surface area (Å²) in [5.41, 5.74) is 2.88. The summed E-state index contributed by atoms with van der Waals surface area (Å²) < 4.78 is 11.0. The lowest BCUT2D eigenvalue weighted by atomic mass is 9.97. The number of hydrogen-bond acceptors (Lipinski definition) is 3. The molecule has 132 valence electrons. The van der Waals surface area contributed by atoms with Crippen molar-refractivity contribution in [3.63, 3.8) is 0 Å². The summed E-state index contributed by atoms with van der Waals surface area (Å²) >= 11 is 0. The van der Waals surface area contributed by atoms with Crippen LogP contribution in [0, 0.1) is 0 Å². The molecule has 0 radical (unpaired) electrons. The maximum atomic E-state index is 12.4. The van der Waals surface area contributed by atoms with Gasteiger partial charge in [-0.1, -0.05) is 48.5 Å². The third-order valence-electron chi connectivity index (χ3n) is 4.36. The van der Waals surface area contributed by atoms with Crippen molar-refractivity contribution in [2.24, 2.45) is 0 Å². The molecule has 0 bridgehead atoms. The molecule has 5 nitrogen and oxygen atoms in total. The van der Waals surface area contributed by atoms with Gasteiger partial charge in [0.1, 0.15) is 0 Å². The maximum absolute atomic E-state index is 12.4. The standard InChI is InChI=1S/C20H24N2O3/c1-24-14-16-9-5-6-10-18(16)22-20(23)21-17-11-12-25-19(13-17)15-7-3-2-4-8-15/h2-10,17,19H,11-14H2,1H3,(H2,21,22,23)/t17-,19+/m1/s1. The SMILES string of the molecule is COCc1ccccc1NC(=O)N[C@@H]1CCO[C@H](c2ccccc2)C1. The van der Waals surface area contributed by atoms with Crippen LogP contribution in [0.25, 0.3) is 0 Å². The topological polar surface area (TPSA) is 59.6 Å². The van der Waals surface area contributed by atoms with Crippen molar-refractivity contribution < 1.29 is 14.3 Å². The smallest absolute Gasteiger partial charge is 0.319 e. The molecule has 0 unspecified atom stereocenters. The predicted molar refractivity (Wildman–Crippen MR) is 97.5 cm³/mol. The number of ether oxygens (including phenoxy) is 2. The Morgan fingerprint density at radius 1 is 1.16 bits per heavy atom. The average molecular weight is 340 g/mol. The van der Waals surface area contributed by atoms with E-state index >= 15 is 0 Å². The van der Waals surface area contributed by atoms with Crippen LogP contribution in [0.15, 0.2) is 54.6 Å². The van der Waals surface area contributed by atoms with Crippen molar-refractivity contribution in [1.82, 2.24) is 5.32 Å². The van der Waals surface area contributed by atoms with E-state index in [2.05, 4.69) is 22.8 Å². The third-order valence-corrected chi connectivity index (χ3v) is 4.36. The second-order valence-corrected chi connectivity index (χ2v) is 6.18. The second-order valence-electron chi connectivity index (χ2n) is 6.18. The van der Waals surface area contributed by atoms with Gasteiger partial charge in [-0.2, -0.15) is 0 Å². The Labute approximate surface area is 148 Å². The van der Waals surface area contributed by atoms with Crippen molar-refractivity contribution in [3.8, 4) is 0 Å². The highest BCUT2D eigenvalue weighted by molar-refractivity contribution is 5.90. The van der Waals surface area contributed by atoms with Gasteiger partial charge in [0.15, 0.2) is 0 Å². The number of urea groups is 1. The van der Waals surface area contributed by atoms with Crippen molar-refractivity contribution in [1.29, 1.82) is 0 Å². The molecule has 0 saturated carbocycles. The fourth-order valence-corrected chi connectivity index (χ4v) is 3.10. The molecule has 0 spiro atoms. The van der Waals surface area contributed by atoms with Crippen molar-refractivity contribution in [3.05, 3.63) is 65.7 Å². The molecule has 5 heteroatoms. The fourth-order valence-electron chi connectivity index (χ4n) is 3.10. The molecule has 0 aliphatic carbocycles. The van der Waals surface area contributed by atoms with Crippen molar-refractivity contribution >= 4 is 11.7 Å². The van der Waals surface area contributed by atoms with Crippen LogP contribution in [-0.4, -0.2) is 25.8 Å². The Morgan fingerprint density at radius 2 is 1.92 bits per heavy atom. The first-order valence-corrected chi connectivity index (χ1v) is 8.57. The third kappa shape index (κ3) is 4.81. The molecule has 2 N–H and O–H groups in total. The monoisotopic (exact) mass is 340 g/mol. The Bertz CT molecular complexity index is 690. The van der Waals surface area contributed by atoms with E-state index in [4.69, 9.17) is 9.47 Å². The molecule has 1 fully saturated rings. The molecule has 2 amide bonds. The van der Waals surface area contributed by atoms with Crippen LogP contribution in [-0.2, 0) is 16.1 Å². The van der Waals surface area contributed by atoms with Crippen LogP contribution in [0.3, 0.4) is 0 Å². The van der Waals surface area contributed by atoms with E-state index in [1.54, 1.807) is 7.11 Å². The van der Waals surface area contributed by atoms with Crippen LogP contribution < -0.4 is 10.6 Å². The van der Waals surface area contributed by atoms with Crippen LogP contribution >= 0.6 is 0 Å². The lowest BCUT2D eigenvalue weighted by molar-refractivity contribution is 0.00254. The number of nitrogens with one attached hydrogen (secondary N) is 2. The summed E-state index contributed by atoms with van der Waals surface area (Å²) in [6.45, 7) is 1.11. The molecule has 1 saturated heterocycles. The molecule has 1 aliphatic heterocycles. The van der Waals surface area contributed by atoms with E-state index in [1.165, 1.54) is 0 Å². The fraction of sp³-hybridized carbons (Fsp3) is 0.350. The molecule has 1 aliphatic rings. The number of hydrogen-bond donors (Lipinski definition) is 2. The highest BCUT2D eigenvalue weighted by atomic mass is 16.5. The molecule has 2 atom stereocenters. The number of amides is 2. The van der Waals surface area contributed by atoms with Gasteiger partial charge in [-0.05, 0) is 24.5 Å². The van der Waals surface area contributed by atoms with E-state index < -0.39 is 0 Å². The summed E-state index contributed by atoms with van der Waals surface area (Å²) in [5, 5.41) is 5.99. The van der Waals surface area contributed by atoms with Crippen molar-refractivity contribution in [2.45, 2.75) is 31.6 Å². The zero-order chi connectivity index (χ0) is 17.5. The molecule has 25 heavy (non-hydrogen) atoms. The van der Waals surface area contributed by atoms with Gasteiger partial charge in [-0.3, -0.25) is 0 Å². The summed E-state index contributed by atoms with van der Waals surface area (Å²) in [5.74, 6) is 0. The van der Waals surface area contributed by atoms with Gasteiger partial charge >= 0.3 is 6.03 Å². The first-order chi connectivity index (χ1) is 12.3. The molecule has 3 rings (SSSR count). The van der Waals surface area contributed by atoms with E-state index in [0.29, 0.717) is 13.2 Å². The second kappa shape index (κ2) is 8.65. The van der Waals surface area contributed by atoms with Gasteiger partial charge in [0, 0.05) is 31.0 Å². The minimum Gasteiger partial charge on any atom is -0.380 e. The van der Waals surface area contributed by atoms with Crippen LogP contribution in [0.1, 0.15) is 30.1 Å². The number of anilines is 1. The van der Waals surface area contributed by atoms with Gasteiger partial charge in [-0.25, -0.2) is 4.79 Å². The first kappa shape index (κ1) is 17.5. The zero-order valence-electron chi connectivity index (χ0n) is 14.4. The normalized spacial score (nSPS) is 20.0. The Balaban J connectivity index is 1.58. The van der Waals surface area contributed by atoms with Gasteiger partial charge < -0.3 is 20.1 Å². The maximum Gasteiger partial charge on any atom is 0.319 e. The van der Waals surface area contributed by atoms with Crippen LogP contribution in [0.5, 0.6) is 0 Å². The van der Waals surface area contributed by atoms with Crippen LogP contribution in [0.2, 0.25) is 0 Å². The van der Waals surface area contributed by atoms with Gasteiger partial charge in [0.25, 0.3) is 0 Å². The lowest BCUT2D eigenvalue weighted by Crippen LogP contribution is -2.42. The Morgan fingerprint density at radius 3 is 2.72 bits per heavy atom. The summed E-state index contributed by atoms with van der Waals surface area (Å²) in [7, 11) is 1.64. The van der Waals surface area contributed by atoms with E-state index in [1.807, 2.05) is 42.5 Å². The average Bonchev–Trinajstić information content (AvgIpc) is 2.64. The molecular weight excluding hydrogens is 316 g/mol. The number of methoxy groups -OCH3 is 1. The van der Waals surface area contributed by atoms with Gasteiger partial charge in [-0.15, -0.1) is 0 Å². The largest absolute Gasteiger partial charge is 0.380 e. The number of benzene rings is 2.